The SMILES string of the molecule is CC(C)Cc1ccc(Cc2c(F)cccc2Cl)cn1. The predicted octanol–water partition coefficient (Wildman–Crippen LogP) is 4.66. The zero-order valence-electron chi connectivity index (χ0n) is 11.2. The fourth-order valence-corrected chi connectivity index (χ4v) is 2.23. The van der Waals surface area contributed by atoms with E-state index in [1.54, 1.807) is 18.3 Å². The fourth-order valence-electron chi connectivity index (χ4n) is 2.00. The normalized spacial score (nSPS) is 11.0. The Morgan fingerprint density at radius 3 is 2.58 bits per heavy atom. The summed E-state index contributed by atoms with van der Waals surface area (Å²) in [6, 6.07) is 8.75. The molecule has 100 valence electrons. The standard InChI is InChI=1S/C16H17ClFN/c1-11(2)8-13-7-6-12(10-19-13)9-14-15(17)4-3-5-16(14)18/h3-7,10-11H,8-9H2,1-2H3. The molecule has 0 atom stereocenters. The minimum atomic E-state index is -0.265. The summed E-state index contributed by atoms with van der Waals surface area (Å²) in [4.78, 5) is 4.41. The van der Waals surface area contributed by atoms with Crippen molar-refractivity contribution in [3.05, 3.63) is 64.2 Å². The van der Waals surface area contributed by atoms with Gasteiger partial charge in [0.25, 0.3) is 0 Å². The Labute approximate surface area is 118 Å². The van der Waals surface area contributed by atoms with Gasteiger partial charge in [-0.25, -0.2) is 4.39 Å². The summed E-state index contributed by atoms with van der Waals surface area (Å²) in [5.41, 5.74) is 2.57. The topological polar surface area (TPSA) is 12.9 Å². The molecule has 0 amide bonds. The van der Waals surface area contributed by atoms with E-state index in [-0.39, 0.29) is 5.82 Å². The molecule has 0 radical (unpaired) electrons. The third kappa shape index (κ3) is 3.77. The predicted molar refractivity (Wildman–Crippen MR) is 77.0 cm³/mol. The first kappa shape index (κ1) is 14.0. The molecular weight excluding hydrogens is 261 g/mol. The Balaban J connectivity index is 2.15. The van der Waals surface area contributed by atoms with E-state index in [2.05, 4.69) is 18.8 Å². The average Bonchev–Trinajstić information content (AvgIpc) is 2.35. The van der Waals surface area contributed by atoms with Crippen LogP contribution in [0.25, 0.3) is 0 Å². The molecule has 0 aliphatic carbocycles. The van der Waals surface area contributed by atoms with E-state index in [9.17, 15) is 4.39 Å². The van der Waals surface area contributed by atoms with Crippen molar-refractivity contribution in [1.29, 1.82) is 0 Å². The van der Waals surface area contributed by atoms with Crippen molar-refractivity contribution >= 4 is 11.6 Å². The summed E-state index contributed by atoms with van der Waals surface area (Å²) in [5.74, 6) is 0.318. The molecule has 0 aliphatic rings. The van der Waals surface area contributed by atoms with Crippen LogP contribution in [0, 0.1) is 11.7 Å². The second-order valence-electron chi connectivity index (χ2n) is 5.13. The van der Waals surface area contributed by atoms with Crippen molar-refractivity contribution in [3.63, 3.8) is 0 Å². The van der Waals surface area contributed by atoms with Crippen LogP contribution in [0.15, 0.2) is 36.5 Å². The van der Waals surface area contributed by atoms with Gasteiger partial charge in [-0.05, 0) is 36.1 Å². The van der Waals surface area contributed by atoms with Crippen LogP contribution in [0.2, 0.25) is 5.02 Å². The van der Waals surface area contributed by atoms with Crippen LogP contribution in [0.1, 0.15) is 30.7 Å². The molecule has 0 bridgehead atoms. The first-order chi connectivity index (χ1) is 9.06. The molecule has 0 spiro atoms. The smallest absolute Gasteiger partial charge is 0.128 e. The van der Waals surface area contributed by atoms with Gasteiger partial charge in [-0.15, -0.1) is 0 Å². The molecule has 1 aromatic carbocycles. The van der Waals surface area contributed by atoms with Gasteiger partial charge in [-0.1, -0.05) is 37.6 Å². The first-order valence-corrected chi connectivity index (χ1v) is 6.80. The lowest BCUT2D eigenvalue weighted by atomic mass is 10.0. The number of nitrogens with zero attached hydrogens (tertiary/aromatic N) is 1. The number of pyridine rings is 1. The van der Waals surface area contributed by atoms with E-state index in [4.69, 9.17) is 11.6 Å². The molecule has 2 rings (SSSR count). The summed E-state index contributed by atoms with van der Waals surface area (Å²) in [6.07, 6.45) is 3.24. The molecular formula is C16H17ClFN. The average molecular weight is 278 g/mol. The molecule has 1 heterocycles. The summed E-state index contributed by atoms with van der Waals surface area (Å²) < 4.78 is 13.7. The third-order valence-electron chi connectivity index (χ3n) is 2.95. The first-order valence-electron chi connectivity index (χ1n) is 6.43. The number of aromatic nitrogens is 1. The maximum atomic E-state index is 13.7. The largest absolute Gasteiger partial charge is 0.261 e. The highest BCUT2D eigenvalue weighted by atomic mass is 35.5. The van der Waals surface area contributed by atoms with E-state index >= 15 is 0 Å². The van der Waals surface area contributed by atoms with Crippen molar-refractivity contribution in [2.24, 2.45) is 5.92 Å². The Kier molecular flexibility index (Phi) is 4.54. The number of hydrogen-bond acceptors (Lipinski definition) is 1. The van der Waals surface area contributed by atoms with Crippen LogP contribution in [-0.4, -0.2) is 4.98 Å². The molecule has 0 saturated heterocycles. The molecule has 19 heavy (non-hydrogen) atoms. The molecule has 0 unspecified atom stereocenters. The minimum absolute atomic E-state index is 0.265. The summed E-state index contributed by atoms with van der Waals surface area (Å²) in [7, 11) is 0. The quantitative estimate of drug-likeness (QED) is 0.792. The molecule has 2 aromatic rings. The maximum Gasteiger partial charge on any atom is 0.128 e. The Morgan fingerprint density at radius 2 is 2.00 bits per heavy atom. The van der Waals surface area contributed by atoms with Gasteiger partial charge in [0.15, 0.2) is 0 Å². The van der Waals surface area contributed by atoms with Gasteiger partial charge in [0.2, 0.25) is 0 Å². The molecule has 3 heteroatoms. The molecule has 0 fully saturated rings. The summed E-state index contributed by atoms with van der Waals surface area (Å²) in [5, 5.41) is 0.464. The Morgan fingerprint density at radius 1 is 1.21 bits per heavy atom. The van der Waals surface area contributed by atoms with Gasteiger partial charge in [0.1, 0.15) is 5.82 Å². The van der Waals surface area contributed by atoms with Gasteiger partial charge >= 0.3 is 0 Å². The van der Waals surface area contributed by atoms with Crippen LogP contribution >= 0.6 is 11.6 Å². The fraction of sp³-hybridized carbons (Fsp3) is 0.312. The van der Waals surface area contributed by atoms with Crippen LogP contribution in [0.4, 0.5) is 4.39 Å². The number of halogens is 2. The lowest BCUT2D eigenvalue weighted by Crippen LogP contribution is -1.99. The monoisotopic (exact) mass is 277 g/mol. The van der Waals surface area contributed by atoms with Crippen molar-refractivity contribution < 1.29 is 4.39 Å². The van der Waals surface area contributed by atoms with Crippen LogP contribution in [-0.2, 0) is 12.8 Å². The molecule has 0 N–H and O–H groups in total. The van der Waals surface area contributed by atoms with Crippen molar-refractivity contribution in [2.75, 3.05) is 0 Å². The lowest BCUT2D eigenvalue weighted by Gasteiger charge is -2.07. The van der Waals surface area contributed by atoms with E-state index in [0.29, 0.717) is 22.9 Å². The highest BCUT2D eigenvalue weighted by Gasteiger charge is 2.08. The summed E-state index contributed by atoms with van der Waals surface area (Å²) in [6.45, 7) is 4.32. The van der Waals surface area contributed by atoms with Gasteiger partial charge in [-0.3, -0.25) is 4.98 Å². The molecule has 0 aliphatic heterocycles. The van der Waals surface area contributed by atoms with Crippen molar-refractivity contribution in [1.82, 2.24) is 4.98 Å². The minimum Gasteiger partial charge on any atom is -0.261 e. The van der Waals surface area contributed by atoms with E-state index in [0.717, 1.165) is 17.7 Å². The second-order valence-corrected chi connectivity index (χ2v) is 5.54. The van der Waals surface area contributed by atoms with Crippen LogP contribution in [0.3, 0.4) is 0 Å². The van der Waals surface area contributed by atoms with E-state index in [1.165, 1.54) is 6.07 Å². The van der Waals surface area contributed by atoms with Gasteiger partial charge < -0.3 is 0 Å². The molecule has 1 aromatic heterocycles. The van der Waals surface area contributed by atoms with E-state index < -0.39 is 0 Å². The third-order valence-corrected chi connectivity index (χ3v) is 3.30. The van der Waals surface area contributed by atoms with Gasteiger partial charge in [-0.2, -0.15) is 0 Å². The van der Waals surface area contributed by atoms with Crippen molar-refractivity contribution in [2.45, 2.75) is 26.7 Å². The van der Waals surface area contributed by atoms with Crippen molar-refractivity contribution in [3.8, 4) is 0 Å². The molecule has 1 nitrogen and oxygen atoms in total. The second kappa shape index (κ2) is 6.16. The number of hydrogen-bond donors (Lipinski definition) is 0. The van der Waals surface area contributed by atoms with Crippen LogP contribution < -0.4 is 0 Å². The molecule has 0 saturated carbocycles. The zero-order chi connectivity index (χ0) is 13.8. The van der Waals surface area contributed by atoms with Gasteiger partial charge in [0, 0.05) is 28.9 Å². The highest BCUT2D eigenvalue weighted by molar-refractivity contribution is 6.31. The van der Waals surface area contributed by atoms with Crippen LogP contribution in [0.5, 0.6) is 0 Å². The van der Waals surface area contributed by atoms with Gasteiger partial charge in [0.05, 0.1) is 0 Å². The Bertz CT molecular complexity index is 529. The summed E-state index contributed by atoms with van der Waals surface area (Å²) >= 11 is 6.02. The Hall–Kier alpha value is -1.41. The lowest BCUT2D eigenvalue weighted by molar-refractivity contribution is 0.613. The van der Waals surface area contributed by atoms with E-state index in [1.807, 2.05) is 12.1 Å². The highest BCUT2D eigenvalue weighted by Crippen LogP contribution is 2.22. The number of rotatable bonds is 4. The number of benzene rings is 1. The maximum absolute atomic E-state index is 13.7. The zero-order valence-corrected chi connectivity index (χ0v) is 11.9.